The second kappa shape index (κ2) is 9.18. The Bertz CT molecular complexity index is 899. The number of hydrogen-bond donors (Lipinski definition) is 1. The molecule has 0 unspecified atom stereocenters. The van der Waals surface area contributed by atoms with Crippen molar-refractivity contribution in [3.63, 3.8) is 0 Å². The Kier molecular flexibility index (Phi) is 6.76. The normalized spacial score (nSPS) is 29.8. The Morgan fingerprint density at radius 1 is 0.833 bits per heavy atom. The molecule has 0 aromatic heterocycles. The average Bonchev–Trinajstić information content (AvgIpc) is 2.69. The number of hydrogen-bond acceptors (Lipinski definition) is 2. The highest BCUT2D eigenvalue weighted by atomic mass is 79.9. The minimum atomic E-state index is 0. The fourth-order valence-electron chi connectivity index (χ4n) is 6.21. The number of benzene rings is 2. The molecule has 30 heavy (non-hydrogen) atoms. The predicted molar refractivity (Wildman–Crippen MR) is 136 cm³/mol. The smallest absolute Gasteiger partial charge is 0.0630 e. The average molecular weight is 551 g/mol. The Morgan fingerprint density at radius 2 is 1.33 bits per heavy atom. The van der Waals surface area contributed by atoms with Crippen LogP contribution in [0.4, 0.5) is 11.4 Å². The molecule has 158 valence electrons. The highest BCUT2D eigenvalue weighted by molar-refractivity contribution is 9.10. The number of halogens is 3. The first-order valence-electron chi connectivity index (χ1n) is 10.6. The molecule has 4 aliphatic carbocycles. The Hall–Kier alpha value is -1.10. The third-order valence-corrected chi connectivity index (χ3v) is 8.08. The Morgan fingerprint density at radius 3 is 1.87 bits per heavy atom. The molecule has 4 fully saturated rings. The van der Waals surface area contributed by atoms with Crippen LogP contribution in [-0.2, 0) is 0 Å². The van der Waals surface area contributed by atoms with E-state index in [1.165, 1.54) is 44.2 Å². The molecule has 0 saturated heterocycles. The minimum Gasteiger partial charge on any atom is -0.358 e. The maximum absolute atomic E-state index is 4.70. The van der Waals surface area contributed by atoms with Gasteiger partial charge in [0.25, 0.3) is 0 Å². The second-order valence-corrected chi connectivity index (χ2v) is 11.0. The number of nitrogens with one attached hydrogen (secondary N) is 1. The van der Waals surface area contributed by atoms with Crippen LogP contribution in [0.3, 0.4) is 0 Å². The maximum Gasteiger partial charge on any atom is 0.0630 e. The van der Waals surface area contributed by atoms with Crippen molar-refractivity contribution in [1.29, 1.82) is 0 Å². The number of anilines is 1. The molecule has 0 amide bonds. The molecule has 2 aromatic rings. The number of rotatable bonds is 5. The lowest BCUT2D eigenvalue weighted by atomic mass is 9.48. The van der Waals surface area contributed by atoms with Crippen molar-refractivity contribution >= 4 is 61.9 Å². The van der Waals surface area contributed by atoms with Gasteiger partial charge in [0, 0.05) is 32.0 Å². The summed E-state index contributed by atoms with van der Waals surface area (Å²) in [7, 11) is 0. The van der Waals surface area contributed by atoms with Gasteiger partial charge in [-0.2, -0.15) is 0 Å². The van der Waals surface area contributed by atoms with Gasteiger partial charge < -0.3 is 5.32 Å². The summed E-state index contributed by atoms with van der Waals surface area (Å²) >= 11 is 7.04. The van der Waals surface area contributed by atoms with E-state index in [-0.39, 0.29) is 12.4 Å². The van der Waals surface area contributed by atoms with E-state index < -0.39 is 0 Å². The number of nitrogens with zero attached hydrogens (tertiary/aromatic N) is 1. The van der Waals surface area contributed by atoms with Crippen molar-refractivity contribution in [3.05, 3.63) is 69.2 Å². The third-order valence-electron chi connectivity index (χ3n) is 7.02. The fourth-order valence-corrected chi connectivity index (χ4v) is 6.73. The zero-order valence-corrected chi connectivity index (χ0v) is 20.8. The van der Waals surface area contributed by atoms with Crippen LogP contribution in [0.5, 0.6) is 0 Å². The topological polar surface area (TPSA) is 24.4 Å². The van der Waals surface area contributed by atoms with Gasteiger partial charge in [-0.05, 0) is 111 Å². The highest BCUT2D eigenvalue weighted by Gasteiger charge is 2.52. The monoisotopic (exact) mass is 548 g/mol. The van der Waals surface area contributed by atoms with Crippen molar-refractivity contribution in [3.8, 4) is 0 Å². The van der Waals surface area contributed by atoms with Crippen molar-refractivity contribution in [2.24, 2.45) is 28.2 Å². The maximum atomic E-state index is 4.70. The summed E-state index contributed by atoms with van der Waals surface area (Å²) < 4.78 is 2.19. The van der Waals surface area contributed by atoms with Crippen LogP contribution < -0.4 is 5.32 Å². The van der Waals surface area contributed by atoms with E-state index in [1.807, 2.05) is 30.5 Å². The molecule has 4 aliphatic rings. The summed E-state index contributed by atoms with van der Waals surface area (Å²) in [5.41, 5.74) is 3.80. The van der Waals surface area contributed by atoms with Gasteiger partial charge >= 0.3 is 0 Å². The summed E-state index contributed by atoms with van der Waals surface area (Å²) in [5, 5.41) is 3.80. The molecule has 5 heteroatoms. The lowest BCUT2D eigenvalue weighted by Crippen LogP contribution is -2.48. The van der Waals surface area contributed by atoms with Gasteiger partial charge in [-0.15, -0.1) is 12.4 Å². The van der Waals surface area contributed by atoms with Gasteiger partial charge in [0.1, 0.15) is 0 Å². The molecule has 0 heterocycles. The molecular weight excluding hydrogens is 524 g/mol. The van der Waals surface area contributed by atoms with Crippen LogP contribution in [0.15, 0.2) is 74.2 Å². The van der Waals surface area contributed by atoms with Crippen molar-refractivity contribution in [2.75, 3.05) is 5.32 Å². The first kappa shape index (κ1) is 22.1. The first-order chi connectivity index (χ1) is 14.1. The van der Waals surface area contributed by atoms with Crippen LogP contribution in [0.25, 0.3) is 0 Å². The van der Waals surface area contributed by atoms with Gasteiger partial charge in [0.15, 0.2) is 0 Å². The van der Waals surface area contributed by atoms with Gasteiger partial charge in [-0.3, -0.25) is 4.99 Å². The van der Waals surface area contributed by atoms with Crippen LogP contribution >= 0.6 is 44.3 Å². The standard InChI is InChI=1S/C25H26Br2N2.ClH/c26-20-1-5-22(6-2-20)28-10-9-24(29-23-7-3-21(27)4-8-23)25-14-17-11-18(15-25)13-19(12-17)16-25;/h1-10,17-19,29H,11-16H2;1H/b24-9-,28-10?;. The molecule has 0 aliphatic heterocycles. The van der Waals surface area contributed by atoms with E-state index in [9.17, 15) is 0 Å². The molecule has 4 saturated carbocycles. The van der Waals surface area contributed by atoms with E-state index in [0.29, 0.717) is 5.41 Å². The molecule has 4 bridgehead atoms. The molecule has 0 radical (unpaired) electrons. The SMILES string of the molecule is Brc1ccc(N=C/C=C(\Nc2ccc(Br)cc2)C23CC4CC(CC(C4)C2)C3)cc1.Cl. The minimum absolute atomic E-state index is 0. The van der Waals surface area contributed by atoms with E-state index in [1.54, 1.807) is 0 Å². The Labute approximate surface area is 202 Å². The van der Waals surface area contributed by atoms with Gasteiger partial charge in [0.2, 0.25) is 0 Å². The molecule has 2 nitrogen and oxygen atoms in total. The highest BCUT2D eigenvalue weighted by Crippen LogP contribution is 2.62. The molecular formula is C25H27Br2ClN2. The van der Waals surface area contributed by atoms with Crippen molar-refractivity contribution in [2.45, 2.75) is 38.5 Å². The van der Waals surface area contributed by atoms with Crippen LogP contribution in [0.2, 0.25) is 0 Å². The first-order valence-corrected chi connectivity index (χ1v) is 12.2. The molecule has 0 atom stereocenters. The second-order valence-electron chi connectivity index (χ2n) is 9.16. The quantitative estimate of drug-likeness (QED) is 0.371. The summed E-state index contributed by atoms with van der Waals surface area (Å²) in [5.74, 6) is 2.75. The van der Waals surface area contributed by atoms with E-state index in [0.717, 1.165) is 38.1 Å². The number of allylic oxidation sites excluding steroid dienone is 2. The van der Waals surface area contributed by atoms with E-state index >= 15 is 0 Å². The molecule has 6 rings (SSSR count). The van der Waals surface area contributed by atoms with Crippen LogP contribution in [-0.4, -0.2) is 6.21 Å². The van der Waals surface area contributed by atoms with Gasteiger partial charge in [-0.1, -0.05) is 31.9 Å². The zero-order chi connectivity index (χ0) is 19.8. The lowest BCUT2D eigenvalue weighted by molar-refractivity contribution is -0.0296. The molecule has 1 N–H and O–H groups in total. The summed E-state index contributed by atoms with van der Waals surface area (Å²) in [6.07, 6.45) is 12.6. The van der Waals surface area contributed by atoms with E-state index in [2.05, 4.69) is 67.5 Å². The predicted octanol–water partition coefficient (Wildman–Crippen LogP) is 8.55. The van der Waals surface area contributed by atoms with E-state index in [4.69, 9.17) is 4.99 Å². The largest absolute Gasteiger partial charge is 0.358 e. The van der Waals surface area contributed by atoms with Gasteiger partial charge in [0.05, 0.1) is 5.69 Å². The summed E-state index contributed by atoms with van der Waals surface area (Å²) in [6, 6.07) is 16.7. The van der Waals surface area contributed by atoms with Crippen molar-refractivity contribution in [1.82, 2.24) is 0 Å². The van der Waals surface area contributed by atoms with Crippen LogP contribution in [0, 0.1) is 23.2 Å². The third kappa shape index (κ3) is 4.71. The number of aliphatic imine (C=N–C) groups is 1. The fraction of sp³-hybridized carbons (Fsp3) is 0.400. The molecule has 0 spiro atoms. The summed E-state index contributed by atoms with van der Waals surface area (Å²) in [6.45, 7) is 0. The lowest BCUT2D eigenvalue weighted by Gasteiger charge is -2.57. The van der Waals surface area contributed by atoms with Gasteiger partial charge in [-0.25, -0.2) is 0 Å². The zero-order valence-electron chi connectivity index (χ0n) is 16.9. The van der Waals surface area contributed by atoms with Crippen LogP contribution in [0.1, 0.15) is 38.5 Å². The molecule has 2 aromatic carbocycles. The Balaban J connectivity index is 0.00000218. The summed E-state index contributed by atoms with van der Waals surface area (Å²) in [4.78, 5) is 4.70. The van der Waals surface area contributed by atoms with Crippen molar-refractivity contribution < 1.29 is 0 Å².